The topological polar surface area (TPSA) is 82.1 Å². The second-order valence-corrected chi connectivity index (χ2v) is 5.90. The van der Waals surface area contributed by atoms with E-state index >= 15 is 0 Å². The number of hydrogen-bond donors (Lipinski definition) is 2. The third kappa shape index (κ3) is 4.94. The SMILES string of the molecule is COc1ccc(CNC(=O)CN2CCN(C(C)=O)CC2CO)cc1. The van der Waals surface area contributed by atoms with Crippen LogP contribution in [0.15, 0.2) is 24.3 Å². The van der Waals surface area contributed by atoms with Crippen LogP contribution in [-0.2, 0) is 16.1 Å². The molecular weight excluding hydrogens is 310 g/mol. The zero-order valence-electron chi connectivity index (χ0n) is 14.2. The van der Waals surface area contributed by atoms with Crippen LogP contribution in [0, 0.1) is 0 Å². The van der Waals surface area contributed by atoms with Gasteiger partial charge in [0.2, 0.25) is 11.8 Å². The second-order valence-electron chi connectivity index (χ2n) is 5.90. The number of carbonyl (C=O) groups excluding carboxylic acids is 2. The van der Waals surface area contributed by atoms with Crippen molar-refractivity contribution in [3.8, 4) is 5.75 Å². The first-order valence-electron chi connectivity index (χ1n) is 8.03. The van der Waals surface area contributed by atoms with Gasteiger partial charge in [0.15, 0.2) is 0 Å². The Morgan fingerprint density at radius 1 is 1.29 bits per heavy atom. The van der Waals surface area contributed by atoms with Crippen molar-refractivity contribution < 1.29 is 19.4 Å². The molecule has 132 valence electrons. The van der Waals surface area contributed by atoms with E-state index in [1.54, 1.807) is 12.0 Å². The standard InChI is InChI=1S/C17H25N3O4/c1-13(22)19-7-8-20(15(10-19)12-21)11-17(23)18-9-14-3-5-16(24-2)6-4-14/h3-6,15,21H,7-12H2,1-2H3,(H,18,23). The molecule has 24 heavy (non-hydrogen) atoms. The van der Waals surface area contributed by atoms with Crippen molar-refractivity contribution in [3.05, 3.63) is 29.8 Å². The maximum absolute atomic E-state index is 12.1. The Morgan fingerprint density at radius 2 is 2.00 bits per heavy atom. The molecule has 1 aromatic carbocycles. The van der Waals surface area contributed by atoms with Gasteiger partial charge in [-0.2, -0.15) is 0 Å². The van der Waals surface area contributed by atoms with Crippen LogP contribution in [0.2, 0.25) is 0 Å². The van der Waals surface area contributed by atoms with Crippen LogP contribution in [0.3, 0.4) is 0 Å². The lowest BCUT2D eigenvalue weighted by Gasteiger charge is -2.39. The highest BCUT2D eigenvalue weighted by Crippen LogP contribution is 2.12. The monoisotopic (exact) mass is 335 g/mol. The van der Waals surface area contributed by atoms with Crippen molar-refractivity contribution in [2.24, 2.45) is 0 Å². The molecular formula is C17H25N3O4. The molecule has 1 unspecified atom stereocenters. The number of methoxy groups -OCH3 is 1. The summed E-state index contributed by atoms with van der Waals surface area (Å²) in [4.78, 5) is 27.2. The molecule has 0 aliphatic carbocycles. The predicted octanol–water partition coefficient (Wildman–Crippen LogP) is -0.164. The molecule has 7 heteroatoms. The molecule has 1 fully saturated rings. The van der Waals surface area contributed by atoms with E-state index in [1.807, 2.05) is 29.2 Å². The lowest BCUT2D eigenvalue weighted by molar-refractivity contribution is -0.133. The quantitative estimate of drug-likeness (QED) is 0.755. The van der Waals surface area contributed by atoms with E-state index in [-0.39, 0.29) is 31.0 Å². The highest BCUT2D eigenvalue weighted by atomic mass is 16.5. The summed E-state index contributed by atoms with van der Waals surface area (Å²) in [6.45, 7) is 3.73. The van der Waals surface area contributed by atoms with E-state index in [4.69, 9.17) is 4.74 Å². The molecule has 1 aliphatic heterocycles. The van der Waals surface area contributed by atoms with Gasteiger partial charge in [-0.05, 0) is 17.7 Å². The van der Waals surface area contributed by atoms with Crippen LogP contribution in [0.5, 0.6) is 5.75 Å². The molecule has 2 N–H and O–H groups in total. The third-order valence-electron chi connectivity index (χ3n) is 4.26. The summed E-state index contributed by atoms with van der Waals surface area (Å²) < 4.78 is 5.10. The van der Waals surface area contributed by atoms with Crippen molar-refractivity contribution in [1.82, 2.24) is 15.1 Å². The second kappa shape index (κ2) is 8.65. The van der Waals surface area contributed by atoms with Crippen LogP contribution in [-0.4, -0.2) is 72.7 Å². The number of aliphatic hydroxyl groups is 1. The summed E-state index contributed by atoms with van der Waals surface area (Å²) in [7, 11) is 1.61. The molecule has 2 amide bonds. The number of piperazine rings is 1. The van der Waals surface area contributed by atoms with Crippen molar-refractivity contribution in [1.29, 1.82) is 0 Å². The number of rotatable bonds is 6. The first-order valence-corrected chi connectivity index (χ1v) is 8.03. The molecule has 0 aromatic heterocycles. The van der Waals surface area contributed by atoms with Gasteiger partial charge < -0.3 is 20.1 Å². The first-order chi connectivity index (χ1) is 11.5. The molecule has 0 saturated carbocycles. The molecule has 1 atom stereocenters. The van der Waals surface area contributed by atoms with Gasteiger partial charge >= 0.3 is 0 Å². The molecule has 0 spiro atoms. The fourth-order valence-electron chi connectivity index (χ4n) is 2.74. The molecule has 1 heterocycles. The molecule has 1 saturated heterocycles. The predicted molar refractivity (Wildman–Crippen MR) is 89.5 cm³/mol. The maximum atomic E-state index is 12.1. The van der Waals surface area contributed by atoms with E-state index < -0.39 is 0 Å². The van der Waals surface area contributed by atoms with Gasteiger partial charge in [0.1, 0.15) is 5.75 Å². The van der Waals surface area contributed by atoms with Crippen LogP contribution in [0.1, 0.15) is 12.5 Å². The van der Waals surface area contributed by atoms with E-state index in [2.05, 4.69) is 5.32 Å². The zero-order valence-corrected chi connectivity index (χ0v) is 14.2. The average Bonchev–Trinajstić information content (AvgIpc) is 2.60. The Balaban J connectivity index is 1.81. The number of hydrogen-bond acceptors (Lipinski definition) is 5. The molecule has 2 rings (SSSR count). The minimum absolute atomic E-state index is 0.00272. The Morgan fingerprint density at radius 3 is 2.58 bits per heavy atom. The number of benzene rings is 1. The molecule has 0 bridgehead atoms. The largest absolute Gasteiger partial charge is 0.497 e. The van der Waals surface area contributed by atoms with Crippen molar-refractivity contribution in [2.75, 3.05) is 39.9 Å². The van der Waals surface area contributed by atoms with Gasteiger partial charge in [0.25, 0.3) is 0 Å². The normalized spacial score (nSPS) is 18.3. The molecule has 0 radical (unpaired) electrons. The minimum Gasteiger partial charge on any atom is -0.497 e. The van der Waals surface area contributed by atoms with Gasteiger partial charge in [-0.1, -0.05) is 12.1 Å². The number of amides is 2. The van der Waals surface area contributed by atoms with Crippen LogP contribution in [0.4, 0.5) is 0 Å². The van der Waals surface area contributed by atoms with E-state index in [9.17, 15) is 14.7 Å². The van der Waals surface area contributed by atoms with Crippen molar-refractivity contribution >= 4 is 11.8 Å². The van der Waals surface area contributed by atoms with Crippen molar-refractivity contribution in [3.63, 3.8) is 0 Å². The lowest BCUT2D eigenvalue weighted by Crippen LogP contribution is -2.57. The minimum atomic E-state index is -0.200. The van der Waals surface area contributed by atoms with Crippen molar-refractivity contribution in [2.45, 2.75) is 19.5 Å². The average molecular weight is 335 g/mol. The molecule has 1 aromatic rings. The summed E-state index contributed by atoms with van der Waals surface area (Å²) in [5.41, 5.74) is 0.990. The van der Waals surface area contributed by atoms with Crippen LogP contribution >= 0.6 is 0 Å². The van der Waals surface area contributed by atoms with E-state index in [1.165, 1.54) is 6.92 Å². The molecule has 7 nitrogen and oxygen atoms in total. The number of ether oxygens (including phenoxy) is 1. The fraction of sp³-hybridized carbons (Fsp3) is 0.529. The fourth-order valence-corrected chi connectivity index (χ4v) is 2.74. The van der Waals surface area contributed by atoms with E-state index in [0.29, 0.717) is 26.2 Å². The highest BCUT2D eigenvalue weighted by molar-refractivity contribution is 5.78. The summed E-state index contributed by atoms with van der Waals surface area (Å²) >= 11 is 0. The Kier molecular flexibility index (Phi) is 6.57. The van der Waals surface area contributed by atoms with Crippen LogP contribution < -0.4 is 10.1 Å². The van der Waals surface area contributed by atoms with Gasteiger partial charge in [0, 0.05) is 33.1 Å². The van der Waals surface area contributed by atoms with Crippen LogP contribution in [0.25, 0.3) is 0 Å². The lowest BCUT2D eigenvalue weighted by atomic mass is 10.1. The summed E-state index contributed by atoms with van der Waals surface area (Å²) in [6, 6.07) is 7.31. The van der Waals surface area contributed by atoms with Gasteiger partial charge in [-0.15, -0.1) is 0 Å². The Labute approximate surface area is 142 Å². The number of aliphatic hydroxyl groups excluding tert-OH is 1. The van der Waals surface area contributed by atoms with Gasteiger partial charge in [-0.3, -0.25) is 14.5 Å². The number of carbonyl (C=O) groups is 2. The zero-order chi connectivity index (χ0) is 17.5. The van der Waals surface area contributed by atoms with Gasteiger partial charge in [-0.25, -0.2) is 0 Å². The highest BCUT2D eigenvalue weighted by Gasteiger charge is 2.28. The summed E-state index contributed by atoms with van der Waals surface area (Å²) in [5, 5.41) is 12.4. The van der Waals surface area contributed by atoms with E-state index in [0.717, 1.165) is 11.3 Å². The number of nitrogens with one attached hydrogen (secondary N) is 1. The summed E-state index contributed by atoms with van der Waals surface area (Å²) in [5.74, 6) is 0.678. The Hall–Kier alpha value is -2.12. The maximum Gasteiger partial charge on any atom is 0.234 e. The number of nitrogens with zero attached hydrogens (tertiary/aromatic N) is 2. The van der Waals surface area contributed by atoms with Gasteiger partial charge in [0.05, 0.1) is 26.3 Å². The Bertz CT molecular complexity index is 561. The first kappa shape index (κ1) is 18.2. The smallest absolute Gasteiger partial charge is 0.234 e. The molecule has 1 aliphatic rings. The summed E-state index contributed by atoms with van der Waals surface area (Å²) in [6.07, 6.45) is 0. The third-order valence-corrected chi connectivity index (χ3v) is 4.26.